The number of nitrogens with zero attached hydrogens (tertiary/aromatic N) is 1. The summed E-state index contributed by atoms with van der Waals surface area (Å²) in [5.41, 5.74) is 1.39. The fraction of sp³-hybridized carbons (Fsp3) is 0.538. The van der Waals surface area contributed by atoms with Crippen LogP contribution in [0.3, 0.4) is 0 Å². The number of rotatable bonds is 6. The molecule has 1 heterocycles. The molecule has 0 aliphatic heterocycles. The van der Waals surface area contributed by atoms with Gasteiger partial charge in [-0.25, -0.2) is 4.98 Å². The summed E-state index contributed by atoms with van der Waals surface area (Å²) in [5.74, 6) is -0.152. The van der Waals surface area contributed by atoms with Gasteiger partial charge in [0.05, 0.1) is 6.10 Å². The molecule has 0 aliphatic rings. The molecule has 0 fully saturated rings. The predicted molar refractivity (Wildman–Crippen MR) is 72.0 cm³/mol. The maximum atomic E-state index is 11.9. The number of hydrogen-bond donors (Lipinski definition) is 1. The van der Waals surface area contributed by atoms with E-state index in [9.17, 15) is 4.79 Å². The number of carbonyl (C=O) groups is 1. The summed E-state index contributed by atoms with van der Waals surface area (Å²) in [5, 5.41) is 3.15. The molecule has 0 saturated heterocycles. The van der Waals surface area contributed by atoms with Crippen molar-refractivity contribution >= 4 is 17.5 Å². The van der Waals surface area contributed by atoms with Gasteiger partial charge in [-0.2, -0.15) is 0 Å². The number of pyridine rings is 1. The van der Waals surface area contributed by atoms with E-state index in [1.54, 1.807) is 19.2 Å². The molecule has 1 rings (SSSR count). The van der Waals surface area contributed by atoms with E-state index in [1.165, 1.54) is 0 Å². The van der Waals surface area contributed by atoms with Crippen molar-refractivity contribution in [1.29, 1.82) is 0 Å². The lowest BCUT2D eigenvalue weighted by Crippen LogP contribution is -2.31. The zero-order valence-electron chi connectivity index (χ0n) is 11.0. The van der Waals surface area contributed by atoms with Gasteiger partial charge in [0.15, 0.2) is 0 Å². The van der Waals surface area contributed by atoms with Crippen molar-refractivity contribution in [3.63, 3.8) is 0 Å². The molecule has 0 aliphatic carbocycles. The van der Waals surface area contributed by atoms with Gasteiger partial charge < -0.3 is 10.1 Å². The minimum absolute atomic E-state index is 0.0126. The van der Waals surface area contributed by atoms with Gasteiger partial charge in [-0.15, -0.1) is 0 Å². The fourth-order valence-corrected chi connectivity index (χ4v) is 1.71. The summed E-state index contributed by atoms with van der Waals surface area (Å²) in [6, 6.07) is 3.36. The third-order valence-electron chi connectivity index (χ3n) is 2.57. The van der Waals surface area contributed by atoms with Crippen LogP contribution < -0.4 is 5.32 Å². The van der Waals surface area contributed by atoms with Crippen LogP contribution in [0.2, 0.25) is 5.15 Å². The van der Waals surface area contributed by atoms with Gasteiger partial charge in [0.25, 0.3) is 5.91 Å². The van der Waals surface area contributed by atoms with E-state index in [4.69, 9.17) is 16.3 Å². The Morgan fingerprint density at radius 2 is 2.28 bits per heavy atom. The van der Waals surface area contributed by atoms with E-state index in [0.29, 0.717) is 17.3 Å². The number of nitrogens with one attached hydrogen (secondary N) is 1. The number of hydrogen-bond acceptors (Lipinski definition) is 3. The maximum Gasteiger partial charge on any atom is 0.251 e. The summed E-state index contributed by atoms with van der Waals surface area (Å²) < 4.78 is 5.07. The number of ether oxygens (including phenoxy) is 1. The third kappa shape index (κ3) is 4.63. The molecule has 0 saturated carbocycles. The zero-order valence-corrected chi connectivity index (χ0v) is 11.8. The first-order chi connectivity index (χ1) is 8.56. The highest BCUT2D eigenvalue weighted by Crippen LogP contribution is 2.12. The highest BCUT2D eigenvalue weighted by Gasteiger charge is 2.10. The fourth-order valence-electron chi connectivity index (χ4n) is 1.49. The first-order valence-corrected chi connectivity index (χ1v) is 6.42. The molecule has 1 N–H and O–H groups in total. The van der Waals surface area contributed by atoms with Crippen LogP contribution in [0.4, 0.5) is 0 Å². The second kappa shape index (κ2) is 7.34. The minimum atomic E-state index is -0.152. The summed E-state index contributed by atoms with van der Waals surface area (Å²) in [7, 11) is 1.61. The first kappa shape index (κ1) is 14.9. The van der Waals surface area contributed by atoms with E-state index in [1.807, 2.05) is 6.92 Å². The van der Waals surface area contributed by atoms with Crippen LogP contribution in [0.5, 0.6) is 0 Å². The molecule has 1 amide bonds. The van der Waals surface area contributed by atoms with Crippen molar-refractivity contribution in [2.75, 3.05) is 13.7 Å². The van der Waals surface area contributed by atoms with E-state index < -0.39 is 0 Å². The van der Waals surface area contributed by atoms with Crippen molar-refractivity contribution in [1.82, 2.24) is 10.3 Å². The predicted octanol–water partition coefficient (Wildman–Crippen LogP) is 2.45. The van der Waals surface area contributed by atoms with Crippen molar-refractivity contribution in [3.05, 3.63) is 28.5 Å². The van der Waals surface area contributed by atoms with Gasteiger partial charge in [0, 0.05) is 24.9 Å². The van der Waals surface area contributed by atoms with Crippen LogP contribution in [0.25, 0.3) is 0 Å². The Balaban J connectivity index is 2.72. The van der Waals surface area contributed by atoms with Crippen LogP contribution in [-0.2, 0) is 11.2 Å². The zero-order chi connectivity index (χ0) is 13.5. The van der Waals surface area contributed by atoms with Crippen molar-refractivity contribution < 1.29 is 9.53 Å². The SMILES string of the molecule is CCCc1cc(C(=O)NCC(C)OC)cc(Cl)n1. The lowest BCUT2D eigenvalue weighted by Gasteiger charge is -2.11. The summed E-state index contributed by atoms with van der Waals surface area (Å²) in [6.07, 6.45) is 1.77. The lowest BCUT2D eigenvalue weighted by molar-refractivity contribution is 0.0870. The van der Waals surface area contributed by atoms with Crippen LogP contribution in [0.1, 0.15) is 36.3 Å². The van der Waals surface area contributed by atoms with E-state index in [0.717, 1.165) is 18.5 Å². The molecule has 0 spiro atoms. The normalized spacial score (nSPS) is 12.2. The lowest BCUT2D eigenvalue weighted by atomic mass is 10.1. The molecule has 1 aromatic heterocycles. The molecule has 1 aromatic rings. The van der Waals surface area contributed by atoms with Crippen molar-refractivity contribution in [2.45, 2.75) is 32.8 Å². The van der Waals surface area contributed by atoms with Gasteiger partial charge in [0.1, 0.15) is 5.15 Å². The van der Waals surface area contributed by atoms with E-state index in [2.05, 4.69) is 17.2 Å². The van der Waals surface area contributed by atoms with Gasteiger partial charge >= 0.3 is 0 Å². The molecule has 4 nitrogen and oxygen atoms in total. The summed E-state index contributed by atoms with van der Waals surface area (Å²) in [6.45, 7) is 4.42. The highest BCUT2D eigenvalue weighted by molar-refractivity contribution is 6.29. The van der Waals surface area contributed by atoms with Crippen molar-refractivity contribution in [3.8, 4) is 0 Å². The number of methoxy groups -OCH3 is 1. The van der Waals surface area contributed by atoms with E-state index in [-0.39, 0.29) is 12.0 Å². The van der Waals surface area contributed by atoms with Crippen LogP contribution in [0, 0.1) is 0 Å². The van der Waals surface area contributed by atoms with Gasteiger partial charge in [0.2, 0.25) is 0 Å². The average Bonchev–Trinajstić information content (AvgIpc) is 2.35. The molecule has 0 aromatic carbocycles. The van der Waals surface area contributed by atoms with E-state index >= 15 is 0 Å². The second-order valence-electron chi connectivity index (χ2n) is 4.18. The Hall–Kier alpha value is -1.13. The van der Waals surface area contributed by atoms with Gasteiger partial charge in [-0.3, -0.25) is 4.79 Å². The first-order valence-electron chi connectivity index (χ1n) is 6.04. The molecule has 1 atom stereocenters. The monoisotopic (exact) mass is 270 g/mol. The highest BCUT2D eigenvalue weighted by atomic mass is 35.5. The van der Waals surface area contributed by atoms with Crippen LogP contribution in [0.15, 0.2) is 12.1 Å². The maximum absolute atomic E-state index is 11.9. The number of aromatic nitrogens is 1. The molecule has 5 heteroatoms. The van der Waals surface area contributed by atoms with Crippen LogP contribution in [-0.4, -0.2) is 30.6 Å². The number of carbonyl (C=O) groups excluding carboxylic acids is 1. The Morgan fingerprint density at radius 1 is 1.56 bits per heavy atom. The standard InChI is InChI=1S/C13H19ClN2O2/c1-4-5-11-6-10(7-12(14)16-11)13(17)15-8-9(2)18-3/h6-7,9H,4-5,8H2,1-3H3,(H,15,17). The smallest absolute Gasteiger partial charge is 0.251 e. The van der Waals surface area contributed by atoms with Gasteiger partial charge in [-0.1, -0.05) is 24.9 Å². The molecule has 100 valence electrons. The third-order valence-corrected chi connectivity index (χ3v) is 2.76. The molecule has 1 unspecified atom stereocenters. The topological polar surface area (TPSA) is 51.2 Å². The second-order valence-corrected chi connectivity index (χ2v) is 4.56. The molecule has 0 radical (unpaired) electrons. The Labute approximate surface area is 113 Å². The average molecular weight is 271 g/mol. The van der Waals surface area contributed by atoms with Crippen LogP contribution >= 0.6 is 11.6 Å². The Kier molecular flexibility index (Phi) is 6.09. The Bertz CT molecular complexity index is 410. The summed E-state index contributed by atoms with van der Waals surface area (Å²) in [4.78, 5) is 16.1. The minimum Gasteiger partial charge on any atom is -0.380 e. The van der Waals surface area contributed by atoms with Gasteiger partial charge in [-0.05, 0) is 25.5 Å². The number of amides is 1. The summed E-state index contributed by atoms with van der Waals surface area (Å²) >= 11 is 5.90. The van der Waals surface area contributed by atoms with Crippen molar-refractivity contribution in [2.24, 2.45) is 0 Å². The Morgan fingerprint density at radius 3 is 2.89 bits per heavy atom. The molecule has 0 bridgehead atoms. The largest absolute Gasteiger partial charge is 0.380 e. The molecular weight excluding hydrogens is 252 g/mol. The molecular formula is C13H19ClN2O2. The number of aryl methyl sites for hydroxylation is 1. The molecule has 18 heavy (non-hydrogen) atoms. The number of halogens is 1. The quantitative estimate of drug-likeness (QED) is 0.808.